The lowest BCUT2D eigenvalue weighted by Crippen LogP contribution is -2.38. The van der Waals surface area contributed by atoms with Crippen molar-refractivity contribution in [2.24, 2.45) is 0 Å². The quantitative estimate of drug-likeness (QED) is 0.677. The van der Waals surface area contributed by atoms with Gasteiger partial charge in [0, 0.05) is 24.0 Å². The normalized spacial score (nSPS) is 14.8. The van der Waals surface area contributed by atoms with Gasteiger partial charge in [-0.05, 0) is 37.1 Å². The molecule has 29 heavy (non-hydrogen) atoms. The van der Waals surface area contributed by atoms with Crippen LogP contribution in [0.2, 0.25) is 0 Å². The van der Waals surface area contributed by atoms with Crippen molar-refractivity contribution in [3.05, 3.63) is 64.5 Å². The van der Waals surface area contributed by atoms with Gasteiger partial charge in [-0.2, -0.15) is 5.10 Å². The highest BCUT2D eigenvalue weighted by molar-refractivity contribution is 5.93. The summed E-state index contributed by atoms with van der Waals surface area (Å²) in [5, 5.41) is 5.28. The van der Waals surface area contributed by atoms with Crippen LogP contribution in [0.5, 0.6) is 0 Å². The van der Waals surface area contributed by atoms with Gasteiger partial charge in [0.1, 0.15) is 6.54 Å². The summed E-state index contributed by atoms with van der Waals surface area (Å²) in [7, 11) is 0. The summed E-state index contributed by atoms with van der Waals surface area (Å²) in [5.74, 6) is -2.11. The lowest BCUT2D eigenvalue weighted by atomic mass is 10.0. The molecule has 1 aliphatic rings. The van der Waals surface area contributed by atoms with Crippen LogP contribution in [0.1, 0.15) is 25.7 Å². The van der Waals surface area contributed by atoms with Crippen molar-refractivity contribution in [3.63, 3.8) is 0 Å². The van der Waals surface area contributed by atoms with Gasteiger partial charge in [-0.1, -0.05) is 31.0 Å². The van der Waals surface area contributed by atoms with Gasteiger partial charge in [-0.3, -0.25) is 9.59 Å². The number of amides is 1. The van der Waals surface area contributed by atoms with Gasteiger partial charge in [-0.15, -0.1) is 0 Å². The largest absolute Gasteiger partial charge is 0.341 e. The minimum atomic E-state index is -0.994. The Hall–Kier alpha value is -3.09. The molecule has 150 valence electrons. The van der Waals surface area contributed by atoms with Crippen molar-refractivity contribution >= 4 is 16.7 Å². The number of nitrogens with zero attached hydrogens (tertiary/aromatic N) is 3. The molecule has 2 heterocycles. The van der Waals surface area contributed by atoms with E-state index in [1.165, 1.54) is 6.07 Å². The van der Waals surface area contributed by atoms with E-state index >= 15 is 0 Å². The summed E-state index contributed by atoms with van der Waals surface area (Å²) in [4.78, 5) is 27.5. The molecular formula is C22H21F2N3O2. The molecule has 1 saturated heterocycles. The molecule has 5 nitrogen and oxygen atoms in total. The van der Waals surface area contributed by atoms with E-state index in [0.29, 0.717) is 35.1 Å². The summed E-state index contributed by atoms with van der Waals surface area (Å²) < 4.78 is 28.3. The molecule has 1 aliphatic heterocycles. The average molecular weight is 397 g/mol. The second-order valence-corrected chi connectivity index (χ2v) is 7.28. The van der Waals surface area contributed by atoms with Crippen LogP contribution in [0.15, 0.2) is 47.3 Å². The molecule has 1 aromatic heterocycles. The predicted octanol–water partition coefficient (Wildman–Crippen LogP) is 3.74. The molecule has 0 spiro atoms. The zero-order chi connectivity index (χ0) is 20.4. The van der Waals surface area contributed by atoms with E-state index in [1.54, 1.807) is 29.2 Å². The Morgan fingerprint density at radius 2 is 1.62 bits per heavy atom. The molecule has 0 atom stereocenters. The van der Waals surface area contributed by atoms with E-state index in [2.05, 4.69) is 5.10 Å². The average Bonchev–Trinajstić information content (AvgIpc) is 3.02. The molecule has 4 rings (SSSR count). The van der Waals surface area contributed by atoms with Crippen molar-refractivity contribution in [1.82, 2.24) is 14.7 Å². The molecule has 0 saturated carbocycles. The predicted molar refractivity (Wildman–Crippen MR) is 106 cm³/mol. The van der Waals surface area contributed by atoms with E-state index < -0.39 is 11.6 Å². The number of fused-ring (bicyclic) bond motifs is 1. The molecule has 1 fully saturated rings. The highest BCUT2D eigenvalue weighted by Gasteiger charge is 2.19. The number of rotatable bonds is 3. The molecule has 0 aliphatic carbocycles. The molecule has 0 N–H and O–H groups in total. The second kappa shape index (κ2) is 8.11. The van der Waals surface area contributed by atoms with Crippen LogP contribution >= 0.6 is 0 Å². The van der Waals surface area contributed by atoms with Gasteiger partial charge in [0.25, 0.3) is 5.56 Å². The third kappa shape index (κ3) is 3.90. The Bertz CT molecular complexity index is 1120. The van der Waals surface area contributed by atoms with Crippen molar-refractivity contribution in [2.75, 3.05) is 13.1 Å². The fourth-order valence-corrected chi connectivity index (χ4v) is 3.75. The Kier molecular flexibility index (Phi) is 5.38. The van der Waals surface area contributed by atoms with E-state index in [1.807, 2.05) is 0 Å². The van der Waals surface area contributed by atoms with E-state index in [4.69, 9.17) is 0 Å². The van der Waals surface area contributed by atoms with Crippen molar-refractivity contribution in [2.45, 2.75) is 32.2 Å². The lowest BCUT2D eigenvalue weighted by Gasteiger charge is -2.21. The van der Waals surface area contributed by atoms with Crippen LogP contribution < -0.4 is 5.56 Å². The molecular weight excluding hydrogens is 376 g/mol. The Morgan fingerprint density at radius 1 is 0.931 bits per heavy atom. The van der Waals surface area contributed by atoms with E-state index in [9.17, 15) is 18.4 Å². The lowest BCUT2D eigenvalue weighted by molar-refractivity contribution is -0.132. The summed E-state index contributed by atoms with van der Waals surface area (Å²) in [6.45, 7) is 1.18. The monoisotopic (exact) mass is 397 g/mol. The first-order valence-electron chi connectivity index (χ1n) is 9.77. The van der Waals surface area contributed by atoms with E-state index in [-0.39, 0.29) is 18.0 Å². The number of halogens is 2. The molecule has 7 heteroatoms. The van der Waals surface area contributed by atoms with Crippen LogP contribution in [0, 0.1) is 11.6 Å². The third-order valence-corrected chi connectivity index (χ3v) is 5.30. The molecule has 1 amide bonds. The molecule has 0 radical (unpaired) electrons. The van der Waals surface area contributed by atoms with Gasteiger partial charge < -0.3 is 4.90 Å². The SMILES string of the molecule is O=C(Cn1nc(-c2ccc(F)c(F)c2)c2ccccc2c1=O)N1CCCCCC1. The van der Waals surface area contributed by atoms with Crippen molar-refractivity contribution in [1.29, 1.82) is 0 Å². The first kappa shape index (κ1) is 19.2. The van der Waals surface area contributed by atoms with Gasteiger partial charge in [0.15, 0.2) is 11.6 Å². The van der Waals surface area contributed by atoms with Crippen LogP contribution in [0.25, 0.3) is 22.0 Å². The number of likely N-dealkylation sites (tertiary alicyclic amines) is 1. The second-order valence-electron chi connectivity index (χ2n) is 7.28. The molecule has 0 bridgehead atoms. The minimum absolute atomic E-state index is 0.159. The zero-order valence-corrected chi connectivity index (χ0v) is 15.9. The highest BCUT2D eigenvalue weighted by Crippen LogP contribution is 2.26. The summed E-state index contributed by atoms with van der Waals surface area (Å²) in [6.07, 6.45) is 4.09. The van der Waals surface area contributed by atoms with Crippen LogP contribution in [0.4, 0.5) is 8.78 Å². The number of carbonyl (C=O) groups is 1. The van der Waals surface area contributed by atoms with Gasteiger partial charge in [-0.25, -0.2) is 13.5 Å². The summed E-state index contributed by atoms with van der Waals surface area (Å²) in [5.41, 5.74) is 0.300. The maximum absolute atomic E-state index is 13.8. The summed E-state index contributed by atoms with van der Waals surface area (Å²) in [6, 6.07) is 10.3. The number of benzene rings is 2. The number of hydrogen-bond donors (Lipinski definition) is 0. The molecule has 2 aromatic carbocycles. The van der Waals surface area contributed by atoms with Gasteiger partial charge >= 0.3 is 0 Å². The first-order chi connectivity index (χ1) is 14.0. The molecule has 0 unspecified atom stereocenters. The Morgan fingerprint density at radius 3 is 2.31 bits per heavy atom. The first-order valence-corrected chi connectivity index (χ1v) is 9.77. The minimum Gasteiger partial charge on any atom is -0.341 e. The van der Waals surface area contributed by atoms with Crippen LogP contribution in [-0.2, 0) is 11.3 Å². The number of hydrogen-bond acceptors (Lipinski definition) is 3. The van der Waals surface area contributed by atoms with Crippen LogP contribution in [-0.4, -0.2) is 33.7 Å². The number of aromatic nitrogens is 2. The van der Waals surface area contributed by atoms with Gasteiger partial charge in [0.05, 0.1) is 11.1 Å². The smallest absolute Gasteiger partial charge is 0.275 e. The zero-order valence-electron chi connectivity index (χ0n) is 15.9. The summed E-state index contributed by atoms with van der Waals surface area (Å²) >= 11 is 0. The third-order valence-electron chi connectivity index (χ3n) is 5.30. The standard InChI is InChI=1S/C22H21F2N3O2/c23-18-10-9-15(13-19(18)24)21-16-7-3-4-8-17(16)22(29)27(25-21)14-20(28)26-11-5-1-2-6-12-26/h3-4,7-10,13H,1-2,5-6,11-12,14H2. The Balaban J connectivity index is 1.78. The highest BCUT2D eigenvalue weighted by atomic mass is 19.2. The van der Waals surface area contributed by atoms with Gasteiger partial charge in [0.2, 0.25) is 5.91 Å². The molecule has 3 aromatic rings. The van der Waals surface area contributed by atoms with Crippen molar-refractivity contribution < 1.29 is 13.6 Å². The topological polar surface area (TPSA) is 55.2 Å². The maximum atomic E-state index is 13.8. The van der Waals surface area contributed by atoms with E-state index in [0.717, 1.165) is 42.5 Å². The van der Waals surface area contributed by atoms with Crippen LogP contribution in [0.3, 0.4) is 0 Å². The number of carbonyl (C=O) groups excluding carboxylic acids is 1. The fourth-order valence-electron chi connectivity index (χ4n) is 3.75. The van der Waals surface area contributed by atoms with Crippen molar-refractivity contribution in [3.8, 4) is 11.3 Å². The maximum Gasteiger partial charge on any atom is 0.275 e. The Labute approximate surface area is 166 Å². The fraction of sp³-hybridized carbons (Fsp3) is 0.318.